The van der Waals surface area contributed by atoms with Crippen LogP contribution in [0.15, 0.2) is 36.4 Å². The van der Waals surface area contributed by atoms with E-state index in [1.165, 1.54) is 0 Å². The van der Waals surface area contributed by atoms with Crippen LogP contribution in [0.1, 0.15) is 26.6 Å². The lowest BCUT2D eigenvalue weighted by Gasteiger charge is -2.19. The summed E-state index contributed by atoms with van der Waals surface area (Å²) in [6.45, 7) is 7.23. The van der Waals surface area contributed by atoms with Gasteiger partial charge in [-0.1, -0.05) is 30.3 Å². The van der Waals surface area contributed by atoms with Crippen LogP contribution in [-0.2, 0) is 4.74 Å². The topological polar surface area (TPSA) is 81.4 Å². The molecular formula is C17H19N5O2. The van der Waals surface area contributed by atoms with Gasteiger partial charge in [-0.3, -0.25) is 5.32 Å². The van der Waals surface area contributed by atoms with E-state index in [1.807, 2.05) is 37.3 Å². The van der Waals surface area contributed by atoms with E-state index < -0.39 is 11.7 Å². The molecule has 0 unspecified atom stereocenters. The van der Waals surface area contributed by atoms with Gasteiger partial charge in [-0.15, -0.1) is 5.10 Å². The summed E-state index contributed by atoms with van der Waals surface area (Å²) in [6, 6.07) is 11.3. The zero-order valence-corrected chi connectivity index (χ0v) is 14.1. The van der Waals surface area contributed by atoms with Crippen molar-refractivity contribution in [1.82, 2.24) is 19.6 Å². The minimum absolute atomic E-state index is 0.364. The summed E-state index contributed by atoms with van der Waals surface area (Å²) in [6.07, 6.45) is -0.561. The lowest BCUT2D eigenvalue weighted by atomic mass is 10.2. The smallest absolute Gasteiger partial charge is 0.413 e. The first-order valence-electron chi connectivity index (χ1n) is 7.62. The van der Waals surface area contributed by atoms with Crippen LogP contribution in [0.2, 0.25) is 0 Å². The van der Waals surface area contributed by atoms with Crippen LogP contribution in [0.25, 0.3) is 17.0 Å². The maximum Gasteiger partial charge on any atom is 0.413 e. The van der Waals surface area contributed by atoms with Crippen molar-refractivity contribution in [3.8, 4) is 11.4 Å². The Morgan fingerprint density at radius 2 is 1.88 bits per heavy atom. The molecule has 0 aliphatic carbocycles. The van der Waals surface area contributed by atoms with Crippen LogP contribution in [0.4, 0.5) is 10.6 Å². The van der Waals surface area contributed by atoms with Crippen molar-refractivity contribution in [3.05, 3.63) is 42.2 Å². The molecule has 0 atom stereocenters. The highest BCUT2D eigenvalue weighted by molar-refractivity contribution is 5.84. The molecule has 2 aromatic heterocycles. The molecule has 3 rings (SSSR count). The number of fused-ring (bicyclic) bond motifs is 1. The molecule has 0 aliphatic rings. The summed E-state index contributed by atoms with van der Waals surface area (Å²) < 4.78 is 6.93. The van der Waals surface area contributed by atoms with Gasteiger partial charge in [-0.25, -0.2) is 14.8 Å². The number of carbonyl (C=O) groups is 1. The number of nitrogens with zero attached hydrogens (tertiary/aromatic N) is 4. The largest absolute Gasteiger partial charge is 0.444 e. The summed E-state index contributed by atoms with van der Waals surface area (Å²) in [7, 11) is 0. The van der Waals surface area contributed by atoms with E-state index in [0.29, 0.717) is 23.1 Å². The molecule has 0 spiro atoms. The minimum atomic E-state index is -0.581. The highest BCUT2D eigenvalue weighted by Crippen LogP contribution is 2.21. The lowest BCUT2D eigenvalue weighted by Crippen LogP contribution is -2.27. The zero-order valence-electron chi connectivity index (χ0n) is 14.1. The summed E-state index contributed by atoms with van der Waals surface area (Å²) in [4.78, 5) is 20.9. The number of anilines is 1. The maximum absolute atomic E-state index is 12.0. The van der Waals surface area contributed by atoms with Gasteiger partial charge in [0.05, 0.1) is 0 Å². The van der Waals surface area contributed by atoms with Crippen LogP contribution in [0.3, 0.4) is 0 Å². The van der Waals surface area contributed by atoms with Gasteiger partial charge in [-0.05, 0) is 27.7 Å². The zero-order chi connectivity index (χ0) is 17.3. The van der Waals surface area contributed by atoms with Gasteiger partial charge in [0.15, 0.2) is 11.5 Å². The van der Waals surface area contributed by atoms with Crippen LogP contribution in [-0.4, -0.2) is 31.3 Å². The second kappa shape index (κ2) is 5.92. The van der Waals surface area contributed by atoms with E-state index >= 15 is 0 Å². The molecule has 7 heteroatoms. The fourth-order valence-corrected chi connectivity index (χ4v) is 2.24. The first kappa shape index (κ1) is 15.9. The first-order valence-corrected chi connectivity index (χ1v) is 7.62. The number of rotatable bonds is 2. The van der Waals surface area contributed by atoms with Crippen LogP contribution in [0.5, 0.6) is 0 Å². The number of amides is 1. The standard InChI is InChI=1S/C17H19N5O2/c1-11-18-14-10-13(20-16(23)24-17(2,3)4)19-15(22(14)21-11)12-8-6-5-7-9-12/h5-10H,1-4H3,(H,20,23). The number of hydrogen-bond acceptors (Lipinski definition) is 5. The van der Waals surface area contributed by atoms with Crippen molar-refractivity contribution in [2.24, 2.45) is 0 Å². The summed E-state index contributed by atoms with van der Waals surface area (Å²) in [5, 5.41) is 7.02. The molecule has 2 heterocycles. The summed E-state index contributed by atoms with van der Waals surface area (Å²) in [5.41, 5.74) is 0.898. The van der Waals surface area contributed by atoms with Crippen molar-refractivity contribution in [1.29, 1.82) is 0 Å². The van der Waals surface area contributed by atoms with E-state index in [4.69, 9.17) is 4.74 Å². The third-order valence-corrected chi connectivity index (χ3v) is 3.09. The Labute approximate surface area is 139 Å². The van der Waals surface area contributed by atoms with Gasteiger partial charge in [-0.2, -0.15) is 4.52 Å². The van der Waals surface area contributed by atoms with E-state index in [9.17, 15) is 4.79 Å². The monoisotopic (exact) mass is 325 g/mol. The average molecular weight is 325 g/mol. The van der Waals surface area contributed by atoms with Gasteiger partial charge in [0.25, 0.3) is 0 Å². The Bertz CT molecular complexity index is 881. The van der Waals surface area contributed by atoms with Crippen molar-refractivity contribution in [2.75, 3.05) is 5.32 Å². The Morgan fingerprint density at radius 3 is 2.54 bits per heavy atom. The molecule has 0 saturated heterocycles. The van der Waals surface area contributed by atoms with Gasteiger partial charge < -0.3 is 4.74 Å². The third kappa shape index (κ3) is 3.51. The van der Waals surface area contributed by atoms with E-state index in [1.54, 1.807) is 31.4 Å². The Balaban J connectivity index is 2.03. The average Bonchev–Trinajstić information content (AvgIpc) is 2.85. The second-order valence-corrected chi connectivity index (χ2v) is 6.39. The Kier molecular flexibility index (Phi) is 3.92. The number of hydrogen-bond donors (Lipinski definition) is 1. The quantitative estimate of drug-likeness (QED) is 0.780. The predicted molar refractivity (Wildman–Crippen MR) is 90.8 cm³/mol. The van der Waals surface area contributed by atoms with Gasteiger partial charge in [0.1, 0.15) is 17.2 Å². The first-order chi connectivity index (χ1) is 11.3. The molecule has 0 aliphatic heterocycles. The predicted octanol–water partition coefficient (Wildman–Crippen LogP) is 3.45. The molecular weight excluding hydrogens is 306 g/mol. The number of carbonyl (C=O) groups excluding carboxylic acids is 1. The molecule has 0 saturated carbocycles. The molecule has 0 bridgehead atoms. The van der Waals surface area contributed by atoms with Gasteiger partial charge in [0, 0.05) is 11.6 Å². The number of aryl methyl sites for hydroxylation is 1. The van der Waals surface area contributed by atoms with E-state index in [2.05, 4.69) is 20.4 Å². The minimum Gasteiger partial charge on any atom is -0.444 e. The molecule has 7 nitrogen and oxygen atoms in total. The van der Waals surface area contributed by atoms with Crippen molar-refractivity contribution < 1.29 is 9.53 Å². The number of aromatic nitrogens is 4. The second-order valence-electron chi connectivity index (χ2n) is 6.39. The molecule has 0 radical (unpaired) electrons. The molecule has 1 amide bonds. The highest BCUT2D eigenvalue weighted by atomic mass is 16.6. The Hall–Kier alpha value is -2.96. The van der Waals surface area contributed by atoms with Crippen LogP contribution >= 0.6 is 0 Å². The Morgan fingerprint density at radius 1 is 1.17 bits per heavy atom. The van der Waals surface area contributed by atoms with Crippen molar-refractivity contribution >= 4 is 17.6 Å². The van der Waals surface area contributed by atoms with E-state index in [0.717, 1.165) is 5.56 Å². The number of benzene rings is 1. The van der Waals surface area contributed by atoms with Crippen LogP contribution in [0, 0.1) is 6.92 Å². The fourth-order valence-electron chi connectivity index (χ4n) is 2.24. The summed E-state index contributed by atoms with van der Waals surface area (Å²) in [5.74, 6) is 1.59. The van der Waals surface area contributed by atoms with Crippen molar-refractivity contribution in [3.63, 3.8) is 0 Å². The number of ether oxygens (including phenoxy) is 1. The maximum atomic E-state index is 12.0. The molecule has 0 fully saturated rings. The lowest BCUT2D eigenvalue weighted by molar-refractivity contribution is 0.0635. The summed E-state index contributed by atoms with van der Waals surface area (Å²) >= 11 is 0. The van der Waals surface area contributed by atoms with Crippen LogP contribution < -0.4 is 5.32 Å². The SMILES string of the molecule is Cc1nc2cc(NC(=O)OC(C)(C)C)nc(-c3ccccc3)n2n1. The molecule has 1 aromatic carbocycles. The number of nitrogens with one attached hydrogen (secondary N) is 1. The third-order valence-electron chi connectivity index (χ3n) is 3.09. The van der Waals surface area contributed by atoms with Gasteiger partial charge >= 0.3 is 6.09 Å². The molecule has 1 N–H and O–H groups in total. The van der Waals surface area contributed by atoms with E-state index in [-0.39, 0.29) is 0 Å². The highest BCUT2D eigenvalue weighted by Gasteiger charge is 2.18. The molecule has 124 valence electrons. The normalized spacial score (nSPS) is 11.5. The van der Waals surface area contributed by atoms with Gasteiger partial charge in [0.2, 0.25) is 0 Å². The molecule has 3 aromatic rings. The fraction of sp³-hybridized carbons (Fsp3) is 0.294. The van der Waals surface area contributed by atoms with Crippen molar-refractivity contribution in [2.45, 2.75) is 33.3 Å². The molecule has 24 heavy (non-hydrogen) atoms.